The van der Waals surface area contributed by atoms with E-state index in [1.807, 2.05) is 30.3 Å². The van der Waals surface area contributed by atoms with Crippen molar-refractivity contribution in [1.82, 2.24) is 15.6 Å². The molecule has 0 saturated carbocycles. The van der Waals surface area contributed by atoms with Gasteiger partial charge in [-0.05, 0) is 23.3 Å². The van der Waals surface area contributed by atoms with Gasteiger partial charge in [0.25, 0.3) is 5.91 Å². The summed E-state index contributed by atoms with van der Waals surface area (Å²) in [6, 6.07) is 15.3. The second-order valence-electron chi connectivity index (χ2n) is 6.58. The summed E-state index contributed by atoms with van der Waals surface area (Å²) in [7, 11) is 0. The zero-order valence-electron chi connectivity index (χ0n) is 15.8. The number of aliphatic carboxylic acids is 1. The van der Waals surface area contributed by atoms with Crippen LogP contribution in [0.3, 0.4) is 0 Å². The van der Waals surface area contributed by atoms with Gasteiger partial charge in [0.15, 0.2) is 0 Å². The molecule has 4 N–H and O–H groups in total. The number of rotatable bonds is 7. The van der Waals surface area contributed by atoms with Gasteiger partial charge >= 0.3 is 5.97 Å². The van der Waals surface area contributed by atoms with Crippen molar-refractivity contribution < 1.29 is 19.5 Å². The third-order valence-corrected chi connectivity index (χ3v) is 4.37. The summed E-state index contributed by atoms with van der Waals surface area (Å²) < 4.78 is 0. The van der Waals surface area contributed by atoms with Crippen LogP contribution >= 0.6 is 0 Å². The lowest BCUT2D eigenvalue weighted by molar-refractivity contribution is -0.141. The fraction of sp³-hybridized carbons (Fsp3) is 0.136. The minimum atomic E-state index is -1.16. The second-order valence-corrected chi connectivity index (χ2v) is 6.58. The number of fused-ring (bicyclic) bond motifs is 1. The van der Waals surface area contributed by atoms with Crippen molar-refractivity contribution >= 4 is 34.8 Å². The highest BCUT2D eigenvalue weighted by Crippen LogP contribution is 2.19. The summed E-state index contributed by atoms with van der Waals surface area (Å²) in [6.45, 7) is 1.28. The Morgan fingerprint density at radius 1 is 1.07 bits per heavy atom. The first-order valence-corrected chi connectivity index (χ1v) is 9.07. The summed E-state index contributed by atoms with van der Waals surface area (Å²) >= 11 is 0. The van der Waals surface area contributed by atoms with E-state index in [1.54, 1.807) is 30.5 Å². The molecule has 29 heavy (non-hydrogen) atoms. The Morgan fingerprint density at radius 2 is 1.76 bits per heavy atom. The number of hydrogen-bond donors (Lipinski definition) is 4. The van der Waals surface area contributed by atoms with Crippen molar-refractivity contribution in [2.24, 2.45) is 0 Å². The third kappa shape index (κ3) is 5.10. The molecule has 3 aromatic rings. The van der Waals surface area contributed by atoms with Crippen LogP contribution in [0.1, 0.15) is 18.1 Å². The molecule has 0 aliphatic heterocycles. The van der Waals surface area contributed by atoms with E-state index in [9.17, 15) is 19.5 Å². The molecule has 0 radical (unpaired) electrons. The van der Waals surface area contributed by atoms with E-state index in [0.29, 0.717) is 5.56 Å². The maximum absolute atomic E-state index is 12.7. The number of nitrogens with one attached hydrogen (secondary N) is 3. The van der Waals surface area contributed by atoms with Crippen LogP contribution in [0.5, 0.6) is 0 Å². The highest BCUT2D eigenvalue weighted by atomic mass is 16.4. The Hall–Kier alpha value is -3.87. The quantitative estimate of drug-likeness (QED) is 0.464. The molecular formula is C22H21N3O4. The van der Waals surface area contributed by atoms with Gasteiger partial charge in [-0.3, -0.25) is 9.59 Å². The SMILES string of the molecule is CC(=O)NC(=Cc1ccccc1)C(=O)NC(Cc1c[nH]c2ccccc12)C(=O)O. The molecule has 7 heteroatoms. The van der Waals surface area contributed by atoms with Crippen molar-refractivity contribution in [3.63, 3.8) is 0 Å². The summed E-state index contributed by atoms with van der Waals surface area (Å²) in [5.74, 6) is -2.26. The van der Waals surface area contributed by atoms with E-state index >= 15 is 0 Å². The van der Waals surface area contributed by atoms with Crippen LogP contribution in [0.25, 0.3) is 17.0 Å². The first-order chi connectivity index (χ1) is 13.9. The number of benzene rings is 2. The van der Waals surface area contributed by atoms with Crippen LogP contribution < -0.4 is 10.6 Å². The number of carbonyl (C=O) groups is 3. The van der Waals surface area contributed by atoms with Gasteiger partial charge in [0.1, 0.15) is 11.7 Å². The summed E-state index contributed by atoms with van der Waals surface area (Å²) in [5, 5.41) is 15.5. The molecule has 0 saturated heterocycles. The zero-order chi connectivity index (χ0) is 20.8. The molecule has 2 amide bonds. The fourth-order valence-electron chi connectivity index (χ4n) is 3.02. The molecule has 0 spiro atoms. The first kappa shape index (κ1) is 19.9. The average Bonchev–Trinajstić information content (AvgIpc) is 3.10. The highest BCUT2D eigenvalue weighted by Gasteiger charge is 2.24. The van der Waals surface area contributed by atoms with Crippen LogP contribution in [0, 0.1) is 0 Å². The normalized spacial score (nSPS) is 12.4. The molecule has 148 valence electrons. The average molecular weight is 391 g/mol. The van der Waals surface area contributed by atoms with Gasteiger partial charge in [-0.25, -0.2) is 4.79 Å². The largest absolute Gasteiger partial charge is 0.480 e. The number of para-hydroxylation sites is 1. The molecule has 0 bridgehead atoms. The van der Waals surface area contributed by atoms with Crippen molar-refractivity contribution in [2.75, 3.05) is 0 Å². The van der Waals surface area contributed by atoms with Crippen molar-refractivity contribution in [3.8, 4) is 0 Å². The Morgan fingerprint density at radius 3 is 2.45 bits per heavy atom. The molecule has 3 rings (SSSR count). The van der Waals surface area contributed by atoms with Gasteiger partial charge in [-0.2, -0.15) is 0 Å². The van der Waals surface area contributed by atoms with E-state index in [0.717, 1.165) is 16.5 Å². The Bertz CT molecular complexity index is 1070. The molecule has 0 fully saturated rings. The van der Waals surface area contributed by atoms with Crippen molar-refractivity contribution in [3.05, 3.63) is 77.6 Å². The predicted octanol–water partition coefficient (Wildman–Crippen LogP) is 2.46. The number of amides is 2. The molecule has 7 nitrogen and oxygen atoms in total. The minimum Gasteiger partial charge on any atom is -0.480 e. The molecule has 0 aliphatic carbocycles. The number of carbonyl (C=O) groups excluding carboxylic acids is 2. The molecular weight excluding hydrogens is 370 g/mol. The fourth-order valence-corrected chi connectivity index (χ4v) is 3.02. The maximum atomic E-state index is 12.7. The third-order valence-electron chi connectivity index (χ3n) is 4.37. The number of H-pyrrole nitrogens is 1. The summed E-state index contributed by atoms with van der Waals surface area (Å²) in [5.41, 5.74) is 2.35. The van der Waals surface area contributed by atoms with E-state index < -0.39 is 23.8 Å². The number of aromatic nitrogens is 1. The molecule has 1 unspecified atom stereocenters. The van der Waals surface area contributed by atoms with E-state index in [2.05, 4.69) is 15.6 Å². The lowest BCUT2D eigenvalue weighted by Crippen LogP contribution is -2.45. The summed E-state index contributed by atoms with van der Waals surface area (Å²) in [4.78, 5) is 39.1. The van der Waals surface area contributed by atoms with Crippen LogP contribution in [0.4, 0.5) is 0 Å². The monoisotopic (exact) mass is 391 g/mol. The van der Waals surface area contributed by atoms with Crippen LogP contribution in [-0.2, 0) is 20.8 Å². The first-order valence-electron chi connectivity index (χ1n) is 9.07. The molecule has 1 aromatic heterocycles. The Kier molecular flexibility index (Phi) is 6.09. The number of hydrogen-bond acceptors (Lipinski definition) is 3. The second kappa shape index (κ2) is 8.88. The molecule has 1 atom stereocenters. The summed E-state index contributed by atoms with van der Waals surface area (Å²) in [6.07, 6.45) is 3.34. The van der Waals surface area contributed by atoms with Crippen molar-refractivity contribution in [2.45, 2.75) is 19.4 Å². The van der Waals surface area contributed by atoms with E-state index in [-0.39, 0.29) is 12.1 Å². The van der Waals surface area contributed by atoms with Crippen LogP contribution in [0.2, 0.25) is 0 Å². The highest BCUT2D eigenvalue weighted by molar-refractivity contribution is 6.02. The molecule has 2 aromatic carbocycles. The molecule has 1 heterocycles. The Labute approximate surface area is 167 Å². The zero-order valence-corrected chi connectivity index (χ0v) is 15.8. The Balaban J connectivity index is 1.82. The van der Waals surface area contributed by atoms with Gasteiger partial charge < -0.3 is 20.7 Å². The predicted molar refractivity (Wildman–Crippen MR) is 110 cm³/mol. The molecule has 0 aliphatic rings. The van der Waals surface area contributed by atoms with E-state index in [1.165, 1.54) is 13.0 Å². The van der Waals surface area contributed by atoms with Gasteiger partial charge in [0.05, 0.1) is 0 Å². The van der Waals surface area contributed by atoms with Crippen molar-refractivity contribution in [1.29, 1.82) is 0 Å². The minimum absolute atomic E-state index is 0.0196. The smallest absolute Gasteiger partial charge is 0.326 e. The maximum Gasteiger partial charge on any atom is 0.326 e. The van der Waals surface area contributed by atoms with Gasteiger partial charge in [0.2, 0.25) is 5.91 Å². The van der Waals surface area contributed by atoms with Gasteiger partial charge in [-0.15, -0.1) is 0 Å². The van der Waals surface area contributed by atoms with Crippen LogP contribution in [-0.4, -0.2) is 33.9 Å². The number of aromatic amines is 1. The van der Waals surface area contributed by atoms with E-state index in [4.69, 9.17) is 0 Å². The van der Waals surface area contributed by atoms with Crippen LogP contribution in [0.15, 0.2) is 66.5 Å². The standard InChI is InChI=1S/C22H21N3O4/c1-14(26)24-19(11-15-7-3-2-4-8-15)21(27)25-20(22(28)29)12-16-13-23-18-10-6-5-9-17(16)18/h2-11,13,20,23H,12H2,1H3,(H,24,26)(H,25,27)(H,28,29). The number of carboxylic acids is 1. The van der Waals surface area contributed by atoms with Gasteiger partial charge in [0, 0.05) is 30.4 Å². The lowest BCUT2D eigenvalue weighted by atomic mass is 10.0. The lowest BCUT2D eigenvalue weighted by Gasteiger charge is -2.16. The van der Waals surface area contributed by atoms with Gasteiger partial charge in [-0.1, -0.05) is 48.5 Å². The topological polar surface area (TPSA) is 111 Å². The number of carboxylic acid groups (broad SMARTS) is 1.